The Morgan fingerprint density at radius 3 is 2.71 bits per heavy atom. The Morgan fingerprint density at radius 1 is 1.50 bits per heavy atom. The quantitative estimate of drug-likeness (QED) is 0.715. The second-order valence-electron chi connectivity index (χ2n) is 4.46. The van der Waals surface area contributed by atoms with E-state index >= 15 is 0 Å². The number of nitrogens with zero attached hydrogens (tertiary/aromatic N) is 1. The van der Waals surface area contributed by atoms with Gasteiger partial charge >= 0.3 is 0 Å². The molecule has 0 aromatic rings. The van der Waals surface area contributed by atoms with Gasteiger partial charge < -0.3 is 10.1 Å². The minimum absolute atomic E-state index is 0.620. The summed E-state index contributed by atoms with van der Waals surface area (Å²) in [6, 6.07) is 1.25. The molecule has 3 nitrogen and oxygen atoms in total. The minimum atomic E-state index is 0.620. The lowest BCUT2D eigenvalue weighted by atomic mass is 10.0. The summed E-state index contributed by atoms with van der Waals surface area (Å²) < 4.78 is 5.41. The van der Waals surface area contributed by atoms with Gasteiger partial charge in [-0.25, -0.2) is 0 Å². The Kier molecular flexibility index (Phi) is 4.85. The summed E-state index contributed by atoms with van der Waals surface area (Å²) in [7, 11) is 4.23. The van der Waals surface area contributed by atoms with Gasteiger partial charge in [-0.15, -0.1) is 0 Å². The minimum Gasteiger partial charge on any atom is -0.380 e. The van der Waals surface area contributed by atoms with Crippen LogP contribution in [0, 0.1) is 5.92 Å². The lowest BCUT2D eigenvalue weighted by Crippen LogP contribution is -2.44. The molecule has 84 valence electrons. The van der Waals surface area contributed by atoms with Gasteiger partial charge in [0.25, 0.3) is 0 Å². The van der Waals surface area contributed by atoms with Gasteiger partial charge in [-0.3, -0.25) is 4.90 Å². The van der Waals surface area contributed by atoms with Gasteiger partial charge in [-0.1, -0.05) is 6.92 Å². The number of nitrogens with one attached hydrogen (secondary N) is 1. The highest BCUT2D eigenvalue weighted by Crippen LogP contribution is 2.17. The van der Waals surface area contributed by atoms with Gasteiger partial charge in [0.15, 0.2) is 0 Å². The number of likely N-dealkylation sites (N-methyl/N-ethyl adjacent to an activating group) is 1. The third kappa shape index (κ3) is 2.94. The van der Waals surface area contributed by atoms with Crippen LogP contribution in [0.5, 0.6) is 0 Å². The van der Waals surface area contributed by atoms with E-state index in [0.717, 1.165) is 19.8 Å². The lowest BCUT2D eigenvalue weighted by Gasteiger charge is -2.33. The lowest BCUT2D eigenvalue weighted by molar-refractivity contribution is 0.115. The van der Waals surface area contributed by atoms with Crippen LogP contribution in [-0.2, 0) is 4.74 Å². The highest BCUT2D eigenvalue weighted by Gasteiger charge is 2.26. The third-order valence-electron chi connectivity index (χ3n) is 3.47. The molecule has 0 aromatic heterocycles. The van der Waals surface area contributed by atoms with Crippen molar-refractivity contribution in [3.63, 3.8) is 0 Å². The maximum atomic E-state index is 5.41. The molecule has 1 saturated heterocycles. The molecule has 1 aliphatic heterocycles. The van der Waals surface area contributed by atoms with Crippen molar-refractivity contribution in [2.75, 3.05) is 33.9 Å². The van der Waals surface area contributed by atoms with Crippen LogP contribution < -0.4 is 5.32 Å². The number of hydrogen-bond donors (Lipinski definition) is 1. The first-order valence-corrected chi connectivity index (χ1v) is 5.61. The van der Waals surface area contributed by atoms with E-state index in [0.29, 0.717) is 18.0 Å². The van der Waals surface area contributed by atoms with Crippen LogP contribution in [0.1, 0.15) is 20.3 Å². The van der Waals surface area contributed by atoms with Crippen molar-refractivity contribution >= 4 is 0 Å². The van der Waals surface area contributed by atoms with E-state index in [9.17, 15) is 0 Å². The van der Waals surface area contributed by atoms with E-state index < -0.39 is 0 Å². The van der Waals surface area contributed by atoms with Gasteiger partial charge in [0.1, 0.15) is 0 Å². The van der Waals surface area contributed by atoms with Crippen LogP contribution in [0.25, 0.3) is 0 Å². The first kappa shape index (κ1) is 12.0. The second-order valence-corrected chi connectivity index (χ2v) is 4.46. The van der Waals surface area contributed by atoms with Gasteiger partial charge in [0, 0.05) is 18.7 Å². The number of rotatable bonds is 5. The molecule has 0 spiro atoms. The van der Waals surface area contributed by atoms with E-state index in [1.54, 1.807) is 0 Å². The number of ether oxygens (including phenoxy) is 1. The highest BCUT2D eigenvalue weighted by molar-refractivity contribution is 4.80. The summed E-state index contributed by atoms with van der Waals surface area (Å²) in [4.78, 5) is 2.47. The molecule has 1 fully saturated rings. The zero-order chi connectivity index (χ0) is 10.6. The molecule has 0 radical (unpaired) electrons. The topological polar surface area (TPSA) is 24.5 Å². The fourth-order valence-corrected chi connectivity index (χ4v) is 2.07. The largest absolute Gasteiger partial charge is 0.380 e. The van der Waals surface area contributed by atoms with Gasteiger partial charge in [0.05, 0.1) is 6.61 Å². The van der Waals surface area contributed by atoms with Crippen molar-refractivity contribution in [2.24, 2.45) is 5.92 Å². The van der Waals surface area contributed by atoms with Crippen molar-refractivity contribution in [3.05, 3.63) is 0 Å². The molecule has 1 aliphatic rings. The Morgan fingerprint density at radius 2 is 2.21 bits per heavy atom. The first-order valence-electron chi connectivity index (χ1n) is 5.61. The maximum Gasteiger partial charge on any atom is 0.0622 e. The average Bonchev–Trinajstić information content (AvgIpc) is 2.68. The smallest absolute Gasteiger partial charge is 0.0622 e. The predicted molar refractivity (Wildman–Crippen MR) is 59.5 cm³/mol. The molecule has 0 saturated carbocycles. The molecular formula is C11H24N2O. The first-order chi connectivity index (χ1) is 6.66. The molecule has 1 N–H and O–H groups in total. The molecule has 0 aromatic carbocycles. The molecule has 3 unspecified atom stereocenters. The van der Waals surface area contributed by atoms with Gasteiger partial charge in [-0.05, 0) is 39.9 Å². The summed E-state index contributed by atoms with van der Waals surface area (Å²) in [5, 5.41) is 3.24. The van der Waals surface area contributed by atoms with Crippen molar-refractivity contribution in [1.29, 1.82) is 0 Å². The van der Waals surface area contributed by atoms with Crippen molar-refractivity contribution < 1.29 is 4.74 Å². The second kappa shape index (κ2) is 5.69. The summed E-state index contributed by atoms with van der Waals surface area (Å²) in [6.45, 7) is 7.53. The van der Waals surface area contributed by atoms with Crippen LogP contribution in [0.4, 0.5) is 0 Å². The monoisotopic (exact) mass is 200 g/mol. The van der Waals surface area contributed by atoms with E-state index in [1.165, 1.54) is 6.42 Å². The summed E-state index contributed by atoms with van der Waals surface area (Å²) in [5.74, 6) is 0.686. The number of hydrogen-bond acceptors (Lipinski definition) is 3. The van der Waals surface area contributed by atoms with E-state index in [-0.39, 0.29) is 0 Å². The Labute approximate surface area is 87.8 Å². The Bertz CT molecular complexity index is 157. The zero-order valence-electron chi connectivity index (χ0n) is 9.92. The van der Waals surface area contributed by atoms with E-state index in [1.807, 2.05) is 7.05 Å². The van der Waals surface area contributed by atoms with Crippen LogP contribution in [0.15, 0.2) is 0 Å². The van der Waals surface area contributed by atoms with Gasteiger partial charge in [0.2, 0.25) is 0 Å². The summed E-state index contributed by atoms with van der Waals surface area (Å²) in [6.07, 6.45) is 1.19. The molecule has 1 rings (SSSR count). The van der Waals surface area contributed by atoms with Crippen molar-refractivity contribution in [2.45, 2.75) is 32.4 Å². The predicted octanol–water partition coefficient (Wildman–Crippen LogP) is 0.951. The molecule has 0 amide bonds. The molecule has 0 bridgehead atoms. The van der Waals surface area contributed by atoms with Crippen LogP contribution in [0.3, 0.4) is 0 Å². The maximum absolute atomic E-state index is 5.41. The molecule has 3 heteroatoms. The van der Waals surface area contributed by atoms with Crippen LogP contribution in [-0.4, -0.2) is 50.8 Å². The molecule has 14 heavy (non-hydrogen) atoms. The molecule has 1 heterocycles. The van der Waals surface area contributed by atoms with Crippen molar-refractivity contribution in [3.8, 4) is 0 Å². The van der Waals surface area contributed by atoms with E-state index in [4.69, 9.17) is 4.74 Å². The fourth-order valence-electron chi connectivity index (χ4n) is 2.07. The molecule has 0 aliphatic carbocycles. The van der Waals surface area contributed by atoms with Crippen LogP contribution >= 0.6 is 0 Å². The standard InChI is InChI=1S/C11H24N2O/c1-9(7-12-3)10(2)13(4)11-5-6-14-8-11/h9-12H,5-8H2,1-4H3. The normalized spacial score (nSPS) is 26.8. The van der Waals surface area contributed by atoms with Crippen LogP contribution in [0.2, 0.25) is 0 Å². The fraction of sp³-hybridized carbons (Fsp3) is 1.00. The Balaban J connectivity index is 2.37. The average molecular weight is 200 g/mol. The Hall–Kier alpha value is -0.120. The summed E-state index contributed by atoms with van der Waals surface area (Å²) >= 11 is 0. The van der Waals surface area contributed by atoms with Gasteiger partial charge in [-0.2, -0.15) is 0 Å². The van der Waals surface area contributed by atoms with Crippen molar-refractivity contribution in [1.82, 2.24) is 10.2 Å². The SMILES string of the molecule is CNCC(C)C(C)N(C)C1CCOC1. The molecule has 3 atom stereocenters. The third-order valence-corrected chi connectivity index (χ3v) is 3.47. The molecular weight excluding hydrogens is 176 g/mol. The highest BCUT2D eigenvalue weighted by atomic mass is 16.5. The van der Waals surface area contributed by atoms with E-state index in [2.05, 4.69) is 31.1 Å². The zero-order valence-corrected chi connectivity index (χ0v) is 9.92. The summed E-state index contributed by atoms with van der Waals surface area (Å²) in [5.41, 5.74) is 0.